The van der Waals surface area contributed by atoms with Crippen molar-refractivity contribution >= 4 is 82.5 Å². The van der Waals surface area contributed by atoms with Crippen LogP contribution >= 0.6 is 23.1 Å². The van der Waals surface area contributed by atoms with E-state index in [9.17, 15) is 31.5 Å². The Kier molecular flexibility index (Phi) is 14.8. The first-order valence-corrected chi connectivity index (χ1v) is 25.5. The molecule has 2 aliphatic heterocycles. The van der Waals surface area contributed by atoms with Crippen molar-refractivity contribution in [2.75, 3.05) is 60.2 Å². The summed E-state index contributed by atoms with van der Waals surface area (Å²) in [6.07, 6.45) is 7.59. The molecule has 0 aliphatic carbocycles. The fourth-order valence-corrected chi connectivity index (χ4v) is 11.1. The van der Waals surface area contributed by atoms with Crippen LogP contribution in [0.5, 0.6) is 0 Å². The lowest BCUT2D eigenvalue weighted by Crippen LogP contribution is -2.50. The number of aliphatic hydroxyl groups is 1. The van der Waals surface area contributed by atoms with E-state index >= 15 is 0 Å². The molecule has 354 valence electrons. The molecule has 17 nitrogen and oxygen atoms in total. The van der Waals surface area contributed by atoms with Crippen LogP contribution in [0.2, 0.25) is 5.02 Å². The minimum atomic E-state index is -3.76. The number of para-hydroxylation sites is 1. The van der Waals surface area contributed by atoms with E-state index in [4.69, 9.17) is 11.6 Å². The highest BCUT2D eigenvalue weighted by atomic mass is 35.5. The Labute approximate surface area is 401 Å². The SMILES string of the molecule is O=C(C(CO)c1ccccc1)N1CCN(c2ccc(S(=O)(=O)Nc3ccncn3)cc2)CC1.O=C(Cn1ccc2cccc(Cl)c21)N1CCC(c2ccc(S(=O)(=O)Nc3ncns3)cc2)CC1.[HH].[HH].[HH]. The van der Waals surface area contributed by atoms with Gasteiger partial charge in [-0.15, -0.1) is 0 Å². The highest BCUT2D eigenvalue weighted by molar-refractivity contribution is 7.93. The number of benzene rings is 4. The maximum absolute atomic E-state index is 12.9. The second-order valence-corrected chi connectivity index (χ2v) is 20.4. The van der Waals surface area contributed by atoms with E-state index in [1.165, 1.54) is 24.9 Å². The zero-order chi connectivity index (χ0) is 47.0. The van der Waals surface area contributed by atoms with Crippen LogP contribution in [-0.4, -0.2) is 113 Å². The van der Waals surface area contributed by atoms with Gasteiger partial charge in [0, 0.05) is 78.5 Å². The van der Waals surface area contributed by atoms with Gasteiger partial charge in [-0.05, 0) is 84.5 Å². The van der Waals surface area contributed by atoms with Gasteiger partial charge in [-0.2, -0.15) is 4.37 Å². The third-order valence-corrected chi connectivity index (χ3v) is 15.5. The van der Waals surface area contributed by atoms with Gasteiger partial charge in [-0.3, -0.25) is 19.0 Å². The first-order chi connectivity index (χ1) is 32.4. The average molecular weight is 990 g/mol. The van der Waals surface area contributed by atoms with Crippen LogP contribution in [-0.2, 0) is 36.2 Å². The minimum absolute atomic E-state index is 0. The number of aliphatic hydroxyl groups excluding tert-OH is 1. The van der Waals surface area contributed by atoms with E-state index in [0.29, 0.717) is 44.3 Å². The van der Waals surface area contributed by atoms with Crippen molar-refractivity contribution < 1.29 is 35.8 Å². The normalized spacial score (nSPS) is 15.1. The molecule has 2 aliphatic rings. The van der Waals surface area contributed by atoms with Gasteiger partial charge in [0.15, 0.2) is 0 Å². The summed E-state index contributed by atoms with van der Waals surface area (Å²) in [5.74, 6) is -0.101. The zero-order valence-corrected chi connectivity index (χ0v) is 39.2. The molecule has 0 spiro atoms. The van der Waals surface area contributed by atoms with Gasteiger partial charge in [-0.1, -0.05) is 66.2 Å². The highest BCUT2D eigenvalue weighted by Crippen LogP contribution is 2.31. The van der Waals surface area contributed by atoms with Crippen molar-refractivity contribution in [3.05, 3.63) is 150 Å². The maximum Gasteiger partial charge on any atom is 0.263 e. The number of piperazine rings is 1. The molecule has 5 heterocycles. The molecule has 1 atom stereocenters. The molecule has 2 amide bonds. The third kappa shape index (κ3) is 11.4. The Morgan fingerprint density at radius 3 is 2.09 bits per heavy atom. The molecule has 67 heavy (non-hydrogen) atoms. The Morgan fingerprint density at radius 2 is 1.45 bits per heavy atom. The summed E-state index contributed by atoms with van der Waals surface area (Å²) in [6, 6.07) is 32.0. The quantitative estimate of drug-likeness (QED) is 0.109. The number of nitrogens with zero attached hydrogens (tertiary/aromatic N) is 8. The van der Waals surface area contributed by atoms with Crippen molar-refractivity contribution in [1.82, 2.24) is 33.7 Å². The smallest absolute Gasteiger partial charge is 0.263 e. The lowest BCUT2D eigenvalue weighted by atomic mass is 9.89. The maximum atomic E-state index is 12.9. The number of piperidine rings is 1. The second kappa shape index (κ2) is 21.0. The van der Waals surface area contributed by atoms with Crippen LogP contribution in [0.1, 0.15) is 40.1 Å². The predicted octanol–water partition coefficient (Wildman–Crippen LogP) is 6.79. The largest absolute Gasteiger partial charge is 0.395 e. The lowest BCUT2D eigenvalue weighted by molar-refractivity contribution is -0.134. The van der Waals surface area contributed by atoms with E-state index in [-0.39, 0.29) is 55.9 Å². The van der Waals surface area contributed by atoms with Crippen LogP contribution in [0.15, 0.2) is 144 Å². The van der Waals surface area contributed by atoms with Crippen LogP contribution in [0.4, 0.5) is 16.6 Å². The van der Waals surface area contributed by atoms with Crippen LogP contribution in [0, 0.1) is 0 Å². The fraction of sp³-hybridized carbons (Fsp3) is 0.261. The molecule has 4 aromatic carbocycles. The van der Waals surface area contributed by atoms with E-state index in [2.05, 4.69) is 33.7 Å². The number of fused-ring (bicyclic) bond motifs is 1. The molecule has 0 radical (unpaired) electrons. The molecule has 2 fully saturated rings. The molecular formula is C46H53ClN10O7S3. The molecule has 9 rings (SSSR count). The van der Waals surface area contributed by atoms with Gasteiger partial charge >= 0.3 is 0 Å². The number of aromatic nitrogens is 5. The van der Waals surface area contributed by atoms with Crippen molar-refractivity contribution in [2.45, 2.75) is 41.0 Å². The number of likely N-dealkylation sites (tertiary alicyclic amines) is 1. The average Bonchev–Trinajstić information content (AvgIpc) is 4.03. The molecule has 1 unspecified atom stereocenters. The summed E-state index contributed by atoms with van der Waals surface area (Å²) in [5.41, 5.74) is 3.64. The summed E-state index contributed by atoms with van der Waals surface area (Å²) in [4.78, 5) is 43.5. The number of nitrogens with one attached hydrogen (secondary N) is 2. The standard InChI is InChI=1S/C23H22ClN5O3S2.C23H25N5O4S.3H2/c24-20-3-1-2-18-10-13-29(22(18)20)14-21(30)28-11-8-17(9-12-28)16-4-6-19(7-5-16)34(31,32)27-23-25-15-26-33-23;29-16-21(18-4-2-1-3-5-18)23(30)28-14-12-27(13-15-28)19-6-8-20(9-7-19)33(31,32)26-22-10-11-24-17-25-22;;;/h1-7,10,13,15,17H,8-9,11-12,14H2,(H,25,26,27);1-11,17,21,29H,12-16H2,(H,24,25,26);3*1H. The zero-order valence-electron chi connectivity index (χ0n) is 36.0. The highest BCUT2D eigenvalue weighted by Gasteiger charge is 2.29. The fourth-order valence-electron chi connectivity index (χ4n) is 8.17. The Hall–Kier alpha value is -6.45. The Balaban J connectivity index is 0.000000250. The first kappa shape index (κ1) is 47.1. The van der Waals surface area contributed by atoms with E-state index < -0.39 is 26.0 Å². The van der Waals surface area contributed by atoms with Gasteiger partial charge in [-0.25, -0.2) is 31.8 Å². The van der Waals surface area contributed by atoms with Crippen LogP contribution in [0.25, 0.3) is 10.9 Å². The summed E-state index contributed by atoms with van der Waals surface area (Å²) in [5, 5.41) is 11.7. The van der Waals surface area contributed by atoms with E-state index in [1.54, 1.807) is 41.3 Å². The topological polar surface area (TPSA) is 213 Å². The predicted molar refractivity (Wildman–Crippen MR) is 263 cm³/mol. The molecule has 2 saturated heterocycles. The van der Waals surface area contributed by atoms with Crippen LogP contribution < -0.4 is 14.3 Å². The molecule has 0 bridgehead atoms. The number of carbonyl (C=O) groups excluding carboxylic acids is 2. The van der Waals surface area contributed by atoms with Gasteiger partial charge in [0.05, 0.1) is 32.9 Å². The van der Waals surface area contributed by atoms with E-state index in [0.717, 1.165) is 52.1 Å². The molecular weight excluding hydrogens is 936 g/mol. The van der Waals surface area contributed by atoms with Gasteiger partial charge in [0.2, 0.25) is 16.9 Å². The first-order valence-electron chi connectivity index (χ1n) is 21.4. The Bertz CT molecular complexity index is 3010. The molecule has 7 aromatic rings. The number of amides is 2. The number of halogens is 1. The second-order valence-electron chi connectivity index (χ2n) is 15.8. The third-order valence-electron chi connectivity index (χ3n) is 11.7. The summed E-state index contributed by atoms with van der Waals surface area (Å²) < 4.78 is 60.7. The number of anilines is 3. The van der Waals surface area contributed by atoms with Crippen molar-refractivity contribution in [2.24, 2.45) is 0 Å². The molecule has 0 saturated carbocycles. The summed E-state index contributed by atoms with van der Waals surface area (Å²) >= 11 is 7.32. The number of rotatable bonds is 13. The minimum Gasteiger partial charge on any atom is -0.395 e. The number of sulfonamides is 2. The molecule has 3 aromatic heterocycles. The monoisotopic (exact) mass is 988 g/mol. The number of hydrogen-bond donors (Lipinski definition) is 3. The Morgan fingerprint density at radius 1 is 0.761 bits per heavy atom. The van der Waals surface area contributed by atoms with E-state index in [1.807, 2.05) is 82.4 Å². The van der Waals surface area contributed by atoms with Crippen molar-refractivity contribution in [3.8, 4) is 0 Å². The molecule has 3 N–H and O–H groups in total. The summed E-state index contributed by atoms with van der Waals surface area (Å²) in [6.45, 7) is 3.63. The van der Waals surface area contributed by atoms with Crippen LogP contribution in [0.3, 0.4) is 0 Å². The summed E-state index contributed by atoms with van der Waals surface area (Å²) in [7, 11) is -7.46. The number of hydrogen-bond acceptors (Lipinski definition) is 13. The lowest BCUT2D eigenvalue weighted by Gasteiger charge is -2.37. The van der Waals surface area contributed by atoms with Crippen molar-refractivity contribution in [3.63, 3.8) is 0 Å². The van der Waals surface area contributed by atoms with Crippen molar-refractivity contribution in [1.29, 1.82) is 0 Å². The van der Waals surface area contributed by atoms with Gasteiger partial charge in [0.1, 0.15) is 25.0 Å². The molecule has 21 heteroatoms. The number of carbonyl (C=O) groups is 2. The van der Waals surface area contributed by atoms with Gasteiger partial charge < -0.3 is 24.4 Å². The van der Waals surface area contributed by atoms with Gasteiger partial charge in [0.25, 0.3) is 20.0 Å².